The molecule has 8 aromatic carbocycles. The number of hydrogen-bond donors (Lipinski definition) is 0. The van der Waals surface area contributed by atoms with E-state index in [2.05, 4.69) is 109 Å². The number of benzene rings is 8. The molecule has 56 heavy (non-hydrogen) atoms. The smallest absolute Gasteiger partial charge is 0.228 e. The number of rotatable bonds is 6. The Kier molecular flexibility index (Phi) is 7.38. The summed E-state index contributed by atoms with van der Waals surface area (Å²) in [5.41, 5.74) is 11.0. The molecule has 0 aliphatic rings. The van der Waals surface area contributed by atoms with Gasteiger partial charge in [0.05, 0.1) is 0 Å². The van der Waals surface area contributed by atoms with Crippen molar-refractivity contribution in [3.63, 3.8) is 0 Å². The molecule has 11 aromatic rings. The van der Waals surface area contributed by atoms with E-state index in [0.29, 0.717) is 23.4 Å². The Balaban J connectivity index is 1.07. The molecule has 0 amide bonds. The molecule has 0 saturated carbocycles. The fraction of sp³-hybridized carbons (Fsp3) is 0. The summed E-state index contributed by atoms with van der Waals surface area (Å²) in [4.78, 5) is 20.3. The zero-order valence-electron chi connectivity index (χ0n) is 29.9. The second-order valence-electron chi connectivity index (χ2n) is 13.8. The fourth-order valence-electron chi connectivity index (χ4n) is 7.59. The molecule has 0 fully saturated rings. The highest BCUT2D eigenvalue weighted by Gasteiger charge is 2.20. The van der Waals surface area contributed by atoms with Crippen molar-refractivity contribution < 1.29 is 8.83 Å². The Bertz CT molecular complexity index is 3240. The van der Waals surface area contributed by atoms with Crippen molar-refractivity contribution in [1.82, 2.24) is 19.9 Å². The average molecular weight is 719 g/mol. The molecular formula is C50H30N4O2. The molecule has 11 rings (SSSR count). The second-order valence-corrected chi connectivity index (χ2v) is 13.8. The van der Waals surface area contributed by atoms with Crippen molar-refractivity contribution >= 4 is 43.8 Å². The van der Waals surface area contributed by atoms with Gasteiger partial charge in [0.25, 0.3) is 0 Å². The first-order valence-electron chi connectivity index (χ1n) is 18.5. The summed E-state index contributed by atoms with van der Waals surface area (Å²) >= 11 is 0. The van der Waals surface area contributed by atoms with E-state index in [-0.39, 0.29) is 0 Å². The predicted molar refractivity (Wildman–Crippen MR) is 225 cm³/mol. The van der Waals surface area contributed by atoms with Crippen LogP contribution in [0, 0.1) is 0 Å². The number of aromatic nitrogens is 4. The number of oxazole rings is 1. The first-order valence-corrected chi connectivity index (χ1v) is 18.5. The summed E-state index contributed by atoms with van der Waals surface area (Å²) in [7, 11) is 0. The van der Waals surface area contributed by atoms with E-state index < -0.39 is 0 Å². The van der Waals surface area contributed by atoms with E-state index in [1.807, 2.05) is 72.8 Å². The standard InChI is InChI=1S/C50H30N4O2/c1-3-11-31(12-4-1)33-21-23-35(24-22-33)47-52-48(37-17-9-16-36(29-37)32-13-5-2-6-14-32)54-49(53-47)38-26-27-42-41(30-38)45-40(19-10-20-43(45)55-42)50-51-46-39-18-8-7-15-34(39)25-28-44(46)56-50/h1-30H. The fourth-order valence-corrected chi connectivity index (χ4v) is 7.59. The Hall–Kier alpha value is -7.70. The molecule has 262 valence electrons. The first-order chi connectivity index (χ1) is 27.7. The Morgan fingerprint density at radius 3 is 1.68 bits per heavy atom. The monoisotopic (exact) mass is 718 g/mol. The van der Waals surface area contributed by atoms with Crippen molar-refractivity contribution in [2.45, 2.75) is 0 Å². The molecule has 0 unspecified atom stereocenters. The molecule has 0 aliphatic heterocycles. The predicted octanol–water partition coefficient (Wildman–Crippen LogP) is 13.1. The van der Waals surface area contributed by atoms with Crippen LogP contribution in [0.15, 0.2) is 191 Å². The third-order valence-corrected chi connectivity index (χ3v) is 10.4. The lowest BCUT2D eigenvalue weighted by Crippen LogP contribution is -2.00. The van der Waals surface area contributed by atoms with Crippen LogP contribution >= 0.6 is 0 Å². The van der Waals surface area contributed by atoms with E-state index in [4.69, 9.17) is 28.8 Å². The van der Waals surface area contributed by atoms with Gasteiger partial charge in [-0.2, -0.15) is 0 Å². The summed E-state index contributed by atoms with van der Waals surface area (Å²) in [5, 5.41) is 4.01. The summed E-state index contributed by atoms with van der Waals surface area (Å²) in [6, 6.07) is 61.8. The number of nitrogens with zero attached hydrogens (tertiary/aromatic N) is 4. The van der Waals surface area contributed by atoms with Gasteiger partial charge in [-0.1, -0.05) is 140 Å². The summed E-state index contributed by atoms with van der Waals surface area (Å²) in [6.07, 6.45) is 0. The highest BCUT2D eigenvalue weighted by atomic mass is 16.3. The minimum Gasteiger partial charge on any atom is -0.456 e. The van der Waals surface area contributed by atoms with Crippen LogP contribution in [0.3, 0.4) is 0 Å². The van der Waals surface area contributed by atoms with Gasteiger partial charge in [0.2, 0.25) is 5.89 Å². The van der Waals surface area contributed by atoms with Crippen molar-refractivity contribution in [3.05, 3.63) is 182 Å². The van der Waals surface area contributed by atoms with Crippen molar-refractivity contribution in [1.29, 1.82) is 0 Å². The van der Waals surface area contributed by atoms with E-state index in [0.717, 1.165) is 88.3 Å². The topological polar surface area (TPSA) is 77.8 Å². The SMILES string of the molecule is c1ccc(-c2ccc(-c3nc(-c4cccc(-c5ccccc5)c4)nc(-c4ccc5oc6cccc(-c7nc8c(ccc9ccccc98)o7)c6c5c4)n3)cc2)cc1. The van der Waals surface area contributed by atoms with Crippen LogP contribution in [0.5, 0.6) is 0 Å². The maximum atomic E-state index is 6.43. The number of fused-ring (bicyclic) bond motifs is 6. The first kappa shape index (κ1) is 31.8. The minimum atomic E-state index is 0.539. The molecule has 0 saturated heterocycles. The molecule has 6 heteroatoms. The van der Waals surface area contributed by atoms with Gasteiger partial charge in [0.15, 0.2) is 23.1 Å². The van der Waals surface area contributed by atoms with Crippen LogP contribution in [-0.4, -0.2) is 19.9 Å². The van der Waals surface area contributed by atoms with E-state index in [1.54, 1.807) is 0 Å². The third kappa shape index (κ3) is 5.51. The van der Waals surface area contributed by atoms with Crippen LogP contribution in [0.25, 0.3) is 112 Å². The molecule has 3 aromatic heterocycles. The summed E-state index contributed by atoms with van der Waals surface area (Å²) < 4.78 is 12.8. The molecule has 0 aliphatic carbocycles. The number of furan rings is 1. The van der Waals surface area contributed by atoms with Gasteiger partial charge in [-0.05, 0) is 70.1 Å². The van der Waals surface area contributed by atoms with Crippen LogP contribution in [0.2, 0.25) is 0 Å². The lowest BCUT2D eigenvalue weighted by molar-refractivity contribution is 0.620. The molecular weight excluding hydrogens is 689 g/mol. The lowest BCUT2D eigenvalue weighted by Gasteiger charge is -2.10. The van der Waals surface area contributed by atoms with Crippen molar-refractivity contribution in [2.24, 2.45) is 0 Å². The zero-order chi connectivity index (χ0) is 37.0. The Morgan fingerprint density at radius 2 is 0.893 bits per heavy atom. The summed E-state index contributed by atoms with van der Waals surface area (Å²) in [6.45, 7) is 0. The molecule has 3 heterocycles. The van der Waals surface area contributed by atoms with Crippen molar-refractivity contribution in [3.8, 4) is 67.9 Å². The molecule has 6 nitrogen and oxygen atoms in total. The second kappa shape index (κ2) is 13.0. The van der Waals surface area contributed by atoms with E-state index in [9.17, 15) is 0 Å². The molecule has 0 spiro atoms. The van der Waals surface area contributed by atoms with E-state index in [1.165, 1.54) is 0 Å². The van der Waals surface area contributed by atoms with Gasteiger partial charge in [0.1, 0.15) is 16.7 Å². The third-order valence-electron chi connectivity index (χ3n) is 10.4. The van der Waals surface area contributed by atoms with Gasteiger partial charge >= 0.3 is 0 Å². The Morgan fingerprint density at radius 1 is 0.321 bits per heavy atom. The van der Waals surface area contributed by atoms with Crippen LogP contribution in [-0.2, 0) is 0 Å². The highest BCUT2D eigenvalue weighted by molar-refractivity contribution is 6.13. The van der Waals surface area contributed by atoms with Gasteiger partial charge in [-0.15, -0.1) is 0 Å². The molecule has 0 atom stereocenters. The van der Waals surface area contributed by atoms with E-state index >= 15 is 0 Å². The van der Waals surface area contributed by atoms with Gasteiger partial charge in [0, 0.05) is 38.4 Å². The maximum absolute atomic E-state index is 6.43. The zero-order valence-corrected chi connectivity index (χ0v) is 29.9. The van der Waals surface area contributed by atoms with Crippen LogP contribution in [0.4, 0.5) is 0 Å². The van der Waals surface area contributed by atoms with Gasteiger partial charge in [-0.3, -0.25) is 0 Å². The maximum Gasteiger partial charge on any atom is 0.228 e. The largest absolute Gasteiger partial charge is 0.456 e. The quantitative estimate of drug-likeness (QED) is 0.170. The Labute approximate surface area is 321 Å². The lowest BCUT2D eigenvalue weighted by atomic mass is 10.0. The minimum absolute atomic E-state index is 0.539. The van der Waals surface area contributed by atoms with Crippen molar-refractivity contribution in [2.75, 3.05) is 0 Å². The van der Waals surface area contributed by atoms with Gasteiger partial charge < -0.3 is 8.83 Å². The summed E-state index contributed by atoms with van der Waals surface area (Å²) in [5.74, 6) is 2.28. The van der Waals surface area contributed by atoms with Crippen LogP contribution < -0.4 is 0 Å². The molecule has 0 N–H and O–H groups in total. The highest BCUT2D eigenvalue weighted by Crippen LogP contribution is 2.40. The molecule has 0 bridgehead atoms. The normalized spacial score (nSPS) is 11.6. The van der Waals surface area contributed by atoms with Crippen LogP contribution in [0.1, 0.15) is 0 Å². The number of hydrogen-bond acceptors (Lipinski definition) is 6. The average Bonchev–Trinajstić information content (AvgIpc) is 3.89. The van der Waals surface area contributed by atoms with Gasteiger partial charge in [-0.25, -0.2) is 19.9 Å². The molecule has 0 radical (unpaired) electrons.